The molecule has 0 saturated carbocycles. The Kier molecular flexibility index (Phi) is 5.82. The summed E-state index contributed by atoms with van der Waals surface area (Å²) >= 11 is 0. The highest BCUT2D eigenvalue weighted by molar-refractivity contribution is 6.07. The predicted molar refractivity (Wildman–Crippen MR) is 137 cm³/mol. The van der Waals surface area contributed by atoms with Crippen LogP contribution in [0.4, 0.5) is 0 Å². The molecule has 0 spiro atoms. The summed E-state index contributed by atoms with van der Waals surface area (Å²) in [5.41, 5.74) is 5.01. The summed E-state index contributed by atoms with van der Waals surface area (Å²) in [6.07, 6.45) is 1.73. The predicted octanol–water partition coefficient (Wildman–Crippen LogP) is 4.84. The molecule has 0 saturated heterocycles. The molecule has 6 heteroatoms. The molecule has 0 aliphatic carbocycles. The first-order chi connectivity index (χ1) is 16.5. The zero-order chi connectivity index (χ0) is 23.7. The molecule has 5 rings (SSSR count). The highest BCUT2D eigenvalue weighted by Gasteiger charge is 2.18. The van der Waals surface area contributed by atoms with Gasteiger partial charge in [-0.05, 0) is 56.1 Å². The number of hydrogen-bond acceptors (Lipinski definition) is 4. The van der Waals surface area contributed by atoms with Crippen LogP contribution in [0, 0.1) is 6.92 Å². The van der Waals surface area contributed by atoms with E-state index in [2.05, 4.69) is 47.7 Å². The molecule has 0 aliphatic rings. The van der Waals surface area contributed by atoms with E-state index in [0.717, 1.165) is 34.3 Å². The molecule has 6 nitrogen and oxygen atoms in total. The molecule has 2 aromatic heterocycles. The van der Waals surface area contributed by atoms with Crippen LogP contribution in [-0.2, 0) is 0 Å². The Morgan fingerprint density at radius 1 is 0.971 bits per heavy atom. The van der Waals surface area contributed by atoms with E-state index in [0.29, 0.717) is 17.8 Å². The van der Waals surface area contributed by atoms with Crippen LogP contribution in [0.5, 0.6) is 0 Å². The molecular weight excluding hydrogens is 422 g/mol. The lowest BCUT2D eigenvalue weighted by Crippen LogP contribution is -2.31. The van der Waals surface area contributed by atoms with Crippen LogP contribution in [-0.4, -0.2) is 52.8 Å². The van der Waals surface area contributed by atoms with Crippen LogP contribution in [0.25, 0.3) is 38.8 Å². The number of aromatic nitrogens is 3. The first-order valence-corrected chi connectivity index (χ1v) is 11.4. The van der Waals surface area contributed by atoms with Crippen LogP contribution in [0.1, 0.15) is 15.9 Å². The van der Waals surface area contributed by atoms with Gasteiger partial charge >= 0.3 is 0 Å². The summed E-state index contributed by atoms with van der Waals surface area (Å²) in [4.78, 5) is 20.2. The zero-order valence-electron chi connectivity index (χ0n) is 19.6. The van der Waals surface area contributed by atoms with Gasteiger partial charge in [-0.2, -0.15) is 5.10 Å². The maximum absolute atomic E-state index is 13.2. The molecule has 0 fully saturated rings. The van der Waals surface area contributed by atoms with Gasteiger partial charge in [-0.1, -0.05) is 54.1 Å². The van der Waals surface area contributed by atoms with E-state index in [1.165, 1.54) is 10.9 Å². The summed E-state index contributed by atoms with van der Waals surface area (Å²) in [6, 6.07) is 24.5. The van der Waals surface area contributed by atoms with Gasteiger partial charge in [-0.25, -0.2) is 9.67 Å². The highest BCUT2D eigenvalue weighted by Crippen LogP contribution is 2.28. The van der Waals surface area contributed by atoms with E-state index in [4.69, 9.17) is 4.98 Å². The normalized spacial score (nSPS) is 11.4. The van der Waals surface area contributed by atoms with Crippen LogP contribution >= 0.6 is 0 Å². The standard InChI is InChI=1S/C28H27N5O/c1-19-8-12-23(13-9-19)33-27-25(18-30-33)24(28(34)29-14-15-32(2)3)17-26(31-27)22-11-10-20-6-4-5-7-21(20)16-22/h4-13,16-18H,14-15H2,1-3H3,(H,29,34). The number of pyridine rings is 1. The first-order valence-electron chi connectivity index (χ1n) is 11.4. The molecule has 3 aromatic carbocycles. The molecule has 0 bridgehead atoms. The summed E-state index contributed by atoms with van der Waals surface area (Å²) in [7, 11) is 3.97. The van der Waals surface area contributed by atoms with Gasteiger partial charge in [0.1, 0.15) is 0 Å². The number of nitrogens with zero attached hydrogens (tertiary/aromatic N) is 4. The number of carbonyl (C=O) groups is 1. The molecule has 0 unspecified atom stereocenters. The SMILES string of the molecule is Cc1ccc(-n2ncc3c(C(=O)NCCN(C)C)cc(-c4ccc5ccccc5c4)nc32)cc1. The molecule has 170 valence electrons. The quantitative estimate of drug-likeness (QED) is 0.403. The topological polar surface area (TPSA) is 63.1 Å². The molecule has 2 heterocycles. The largest absolute Gasteiger partial charge is 0.351 e. The maximum Gasteiger partial charge on any atom is 0.252 e. The minimum atomic E-state index is -0.125. The van der Waals surface area contributed by atoms with Crippen LogP contribution in [0.15, 0.2) is 79.0 Å². The van der Waals surface area contributed by atoms with Crippen molar-refractivity contribution in [1.82, 2.24) is 25.0 Å². The average molecular weight is 450 g/mol. The van der Waals surface area contributed by atoms with Crippen molar-refractivity contribution < 1.29 is 4.79 Å². The lowest BCUT2D eigenvalue weighted by molar-refractivity contribution is 0.0952. The van der Waals surface area contributed by atoms with Crippen molar-refractivity contribution in [2.75, 3.05) is 27.2 Å². The van der Waals surface area contributed by atoms with Crippen LogP contribution in [0.2, 0.25) is 0 Å². The Hall–Kier alpha value is -4.03. The minimum absolute atomic E-state index is 0.125. The summed E-state index contributed by atoms with van der Waals surface area (Å²) in [6.45, 7) is 3.38. The van der Waals surface area contributed by atoms with Gasteiger partial charge in [0.25, 0.3) is 5.91 Å². The monoisotopic (exact) mass is 449 g/mol. The lowest BCUT2D eigenvalue weighted by atomic mass is 10.0. The summed E-state index contributed by atoms with van der Waals surface area (Å²) < 4.78 is 1.80. The fraction of sp³-hybridized carbons (Fsp3) is 0.179. The maximum atomic E-state index is 13.2. The Balaban J connectivity index is 1.65. The van der Waals surface area contributed by atoms with E-state index >= 15 is 0 Å². The molecular formula is C28H27N5O. The highest BCUT2D eigenvalue weighted by atomic mass is 16.1. The number of benzene rings is 3. The van der Waals surface area contributed by atoms with Gasteiger partial charge in [0.05, 0.1) is 28.5 Å². The van der Waals surface area contributed by atoms with Gasteiger partial charge in [-0.3, -0.25) is 4.79 Å². The molecule has 1 N–H and O–H groups in total. The van der Waals surface area contributed by atoms with Crippen molar-refractivity contribution in [1.29, 1.82) is 0 Å². The lowest BCUT2D eigenvalue weighted by Gasteiger charge is -2.12. The molecule has 1 amide bonds. The number of amides is 1. The molecule has 0 atom stereocenters. The zero-order valence-corrected chi connectivity index (χ0v) is 19.6. The second-order valence-corrected chi connectivity index (χ2v) is 8.81. The van der Waals surface area contributed by atoms with Crippen molar-refractivity contribution in [3.63, 3.8) is 0 Å². The molecule has 5 aromatic rings. The Bertz CT molecular complexity index is 1480. The number of carbonyl (C=O) groups excluding carboxylic acids is 1. The van der Waals surface area contributed by atoms with Crippen molar-refractivity contribution in [2.24, 2.45) is 0 Å². The van der Waals surface area contributed by atoms with E-state index < -0.39 is 0 Å². The second kappa shape index (κ2) is 9.08. The fourth-order valence-electron chi connectivity index (χ4n) is 4.05. The van der Waals surface area contributed by atoms with E-state index in [-0.39, 0.29) is 5.91 Å². The van der Waals surface area contributed by atoms with Gasteiger partial charge in [0.15, 0.2) is 5.65 Å². The number of hydrogen-bond donors (Lipinski definition) is 1. The smallest absolute Gasteiger partial charge is 0.252 e. The van der Waals surface area contributed by atoms with E-state index in [1.54, 1.807) is 10.9 Å². The van der Waals surface area contributed by atoms with Crippen LogP contribution in [0.3, 0.4) is 0 Å². The number of likely N-dealkylation sites (N-methyl/N-ethyl adjacent to an activating group) is 1. The van der Waals surface area contributed by atoms with Gasteiger partial charge < -0.3 is 10.2 Å². The fourth-order valence-corrected chi connectivity index (χ4v) is 4.05. The van der Waals surface area contributed by atoms with Crippen molar-refractivity contribution >= 4 is 27.7 Å². The van der Waals surface area contributed by atoms with Gasteiger partial charge in [-0.15, -0.1) is 0 Å². The second-order valence-electron chi connectivity index (χ2n) is 8.81. The Morgan fingerprint density at radius 2 is 1.74 bits per heavy atom. The number of rotatable bonds is 6. The number of fused-ring (bicyclic) bond motifs is 2. The third-order valence-electron chi connectivity index (χ3n) is 5.95. The van der Waals surface area contributed by atoms with E-state index in [1.807, 2.05) is 61.5 Å². The number of aryl methyl sites for hydroxylation is 1. The third kappa shape index (κ3) is 4.28. The van der Waals surface area contributed by atoms with Gasteiger partial charge in [0, 0.05) is 18.7 Å². The van der Waals surface area contributed by atoms with Crippen molar-refractivity contribution in [2.45, 2.75) is 6.92 Å². The Morgan fingerprint density at radius 3 is 2.50 bits per heavy atom. The van der Waals surface area contributed by atoms with Crippen LogP contribution < -0.4 is 5.32 Å². The average Bonchev–Trinajstić information content (AvgIpc) is 3.27. The van der Waals surface area contributed by atoms with Crippen molar-refractivity contribution in [3.8, 4) is 16.9 Å². The summed E-state index contributed by atoms with van der Waals surface area (Å²) in [5.74, 6) is -0.125. The Labute approximate surface area is 198 Å². The first kappa shape index (κ1) is 21.8. The third-order valence-corrected chi connectivity index (χ3v) is 5.95. The number of nitrogens with one attached hydrogen (secondary N) is 1. The molecule has 34 heavy (non-hydrogen) atoms. The molecule has 0 radical (unpaired) electrons. The van der Waals surface area contributed by atoms with Crippen molar-refractivity contribution in [3.05, 3.63) is 90.1 Å². The molecule has 0 aliphatic heterocycles. The van der Waals surface area contributed by atoms with Gasteiger partial charge in [0.2, 0.25) is 0 Å². The summed E-state index contributed by atoms with van der Waals surface area (Å²) in [5, 5.41) is 10.7. The minimum Gasteiger partial charge on any atom is -0.351 e. The van der Waals surface area contributed by atoms with E-state index in [9.17, 15) is 4.79 Å².